The Labute approximate surface area is 149 Å². The normalized spacial score (nSPS) is 40.8. The molecule has 10 heteroatoms. The van der Waals surface area contributed by atoms with Crippen LogP contribution in [-0.4, -0.2) is 92.9 Å². The number of hydrogen-bond acceptors (Lipinski definition) is 10. The summed E-state index contributed by atoms with van der Waals surface area (Å²) in [5.74, 6) is 0. The first-order valence-electron chi connectivity index (χ1n) is 8.32. The van der Waals surface area contributed by atoms with E-state index in [1.54, 1.807) is 24.3 Å². The highest BCUT2D eigenvalue weighted by molar-refractivity contribution is 5.69. The average Bonchev–Trinajstić information content (AvgIpc) is 2.64. The van der Waals surface area contributed by atoms with Gasteiger partial charge in [-0.15, -0.1) is 0 Å². The molecule has 0 amide bonds. The van der Waals surface area contributed by atoms with E-state index in [0.717, 1.165) is 0 Å². The Kier molecular flexibility index (Phi) is 5.95. The smallest absolute Gasteiger partial charge is 0.156 e. The Morgan fingerprint density at radius 3 is 1.42 bits per heavy atom. The van der Waals surface area contributed by atoms with Crippen molar-refractivity contribution in [1.82, 2.24) is 0 Å². The second kappa shape index (κ2) is 8.03. The molecular weight excluding hydrogens is 348 g/mol. The fourth-order valence-electron chi connectivity index (χ4n) is 2.91. The molecule has 146 valence electrons. The molecule has 0 unspecified atom stereocenters. The number of nitrogens with one attached hydrogen (secondary N) is 2. The maximum Gasteiger partial charge on any atom is 0.156 e. The first-order valence-corrected chi connectivity index (χ1v) is 8.32. The highest BCUT2D eigenvalue weighted by Gasteiger charge is 2.39. The largest absolute Gasteiger partial charge is 0.388 e. The predicted molar refractivity (Wildman–Crippen MR) is 89.2 cm³/mol. The van der Waals surface area contributed by atoms with Gasteiger partial charge in [0.15, 0.2) is 12.5 Å². The average molecular weight is 372 g/mol. The van der Waals surface area contributed by atoms with E-state index < -0.39 is 49.1 Å². The van der Waals surface area contributed by atoms with Crippen LogP contribution in [0, 0.1) is 0 Å². The Balaban J connectivity index is 1.71. The van der Waals surface area contributed by atoms with Crippen LogP contribution >= 0.6 is 0 Å². The van der Waals surface area contributed by atoms with Crippen LogP contribution in [0.3, 0.4) is 0 Å². The van der Waals surface area contributed by atoms with Gasteiger partial charge in [0.2, 0.25) is 0 Å². The van der Waals surface area contributed by atoms with Gasteiger partial charge in [-0.1, -0.05) is 12.1 Å². The number of rotatable bonds is 4. The van der Waals surface area contributed by atoms with Crippen LogP contribution in [0.1, 0.15) is 0 Å². The van der Waals surface area contributed by atoms with Crippen LogP contribution in [0.2, 0.25) is 0 Å². The van der Waals surface area contributed by atoms with E-state index in [9.17, 15) is 30.6 Å². The highest BCUT2D eigenvalue weighted by atomic mass is 16.5. The van der Waals surface area contributed by atoms with E-state index in [4.69, 9.17) is 9.47 Å². The first-order chi connectivity index (χ1) is 12.4. The summed E-state index contributed by atoms with van der Waals surface area (Å²) in [5.41, 5.74) is 0.966. The van der Waals surface area contributed by atoms with Crippen LogP contribution in [0.5, 0.6) is 0 Å². The molecule has 0 bridgehead atoms. The van der Waals surface area contributed by atoms with Crippen molar-refractivity contribution in [3.63, 3.8) is 0 Å². The van der Waals surface area contributed by atoms with Gasteiger partial charge in [0.1, 0.15) is 36.6 Å². The number of hydrogen-bond donors (Lipinski definition) is 8. The molecule has 0 saturated carbocycles. The van der Waals surface area contributed by atoms with Crippen molar-refractivity contribution < 1.29 is 40.1 Å². The summed E-state index contributed by atoms with van der Waals surface area (Å²) in [6.07, 6.45) is -9.64. The van der Waals surface area contributed by atoms with Gasteiger partial charge in [-0.2, -0.15) is 0 Å². The van der Waals surface area contributed by atoms with Gasteiger partial charge >= 0.3 is 0 Å². The van der Waals surface area contributed by atoms with Gasteiger partial charge in [0, 0.05) is 0 Å². The molecule has 8 N–H and O–H groups in total. The molecule has 0 radical (unpaired) electrons. The number of anilines is 2. The molecule has 3 rings (SSSR count). The second-order valence-corrected chi connectivity index (χ2v) is 6.44. The number of para-hydroxylation sites is 2. The number of aliphatic hydroxyl groups is 6. The topological polar surface area (TPSA) is 164 Å². The molecule has 2 aliphatic rings. The molecule has 2 fully saturated rings. The molecule has 1 aromatic rings. The summed E-state index contributed by atoms with van der Waals surface area (Å²) < 4.78 is 10.6. The maximum atomic E-state index is 10.0. The van der Waals surface area contributed by atoms with Gasteiger partial charge < -0.3 is 50.7 Å². The SMILES string of the molecule is O[C@@H]1[C@H](O)[C@@H](Nc2ccccc2N[C@@H]2OC[C@H](O)[C@H](O)[C@@H]2O)OC[C@H]1O. The van der Waals surface area contributed by atoms with Crippen LogP contribution in [0.4, 0.5) is 11.4 Å². The summed E-state index contributed by atoms with van der Waals surface area (Å²) in [5, 5.41) is 64.5. The van der Waals surface area contributed by atoms with Crippen LogP contribution in [0.25, 0.3) is 0 Å². The summed E-state index contributed by atoms with van der Waals surface area (Å²) >= 11 is 0. The van der Waals surface area contributed by atoms with Crippen molar-refractivity contribution in [3.8, 4) is 0 Å². The Hall–Kier alpha value is -1.50. The molecule has 2 saturated heterocycles. The van der Waals surface area contributed by atoms with Crippen molar-refractivity contribution in [3.05, 3.63) is 24.3 Å². The zero-order chi connectivity index (χ0) is 18.8. The van der Waals surface area contributed by atoms with Gasteiger partial charge in [-0.3, -0.25) is 0 Å². The third-order valence-corrected chi connectivity index (χ3v) is 4.52. The molecule has 26 heavy (non-hydrogen) atoms. The molecule has 8 atom stereocenters. The predicted octanol–water partition coefficient (Wildman–Crippen LogP) is -2.61. The quantitative estimate of drug-likeness (QED) is 0.281. The van der Waals surface area contributed by atoms with Crippen molar-refractivity contribution >= 4 is 11.4 Å². The molecule has 1 aromatic carbocycles. The fourth-order valence-corrected chi connectivity index (χ4v) is 2.91. The molecular formula is C16H24N2O8. The third-order valence-electron chi connectivity index (χ3n) is 4.52. The maximum absolute atomic E-state index is 10.0. The number of benzene rings is 1. The molecule has 0 spiro atoms. The Morgan fingerprint density at radius 1 is 0.654 bits per heavy atom. The van der Waals surface area contributed by atoms with E-state index >= 15 is 0 Å². The zero-order valence-electron chi connectivity index (χ0n) is 13.8. The summed E-state index contributed by atoms with van der Waals surface area (Å²) in [4.78, 5) is 0. The lowest BCUT2D eigenvalue weighted by atomic mass is 10.0. The van der Waals surface area contributed by atoms with E-state index in [0.29, 0.717) is 11.4 Å². The summed E-state index contributed by atoms with van der Waals surface area (Å²) in [6.45, 7) is -0.278. The highest BCUT2D eigenvalue weighted by Crippen LogP contribution is 2.27. The molecule has 0 aliphatic carbocycles. The Morgan fingerprint density at radius 2 is 1.04 bits per heavy atom. The van der Waals surface area contributed by atoms with Crippen molar-refractivity contribution in [2.24, 2.45) is 0 Å². The summed E-state index contributed by atoms with van der Waals surface area (Å²) in [7, 11) is 0. The second-order valence-electron chi connectivity index (χ2n) is 6.44. The first kappa shape index (κ1) is 19.3. The minimum atomic E-state index is -1.35. The van der Waals surface area contributed by atoms with E-state index in [2.05, 4.69) is 10.6 Å². The van der Waals surface area contributed by atoms with Crippen molar-refractivity contribution in [2.75, 3.05) is 23.8 Å². The minimum Gasteiger partial charge on any atom is -0.388 e. The number of aliphatic hydroxyl groups excluding tert-OH is 6. The fraction of sp³-hybridized carbons (Fsp3) is 0.625. The standard InChI is InChI=1S/C16H24N2O8/c19-9-5-25-15(13(23)11(9)21)17-7-3-1-2-4-8(7)18-16-14(24)12(22)10(20)6-26-16/h1-4,9-24H,5-6H2/t9-,10+,11-,12-,13-,14-,15+,16-/m0/s1. The van der Waals surface area contributed by atoms with E-state index in [1.807, 2.05) is 0 Å². The van der Waals surface area contributed by atoms with Gasteiger partial charge in [0.05, 0.1) is 24.6 Å². The van der Waals surface area contributed by atoms with Crippen LogP contribution in [-0.2, 0) is 9.47 Å². The zero-order valence-corrected chi connectivity index (χ0v) is 13.8. The third kappa shape index (κ3) is 3.92. The molecule has 2 aliphatic heterocycles. The monoisotopic (exact) mass is 372 g/mol. The lowest BCUT2D eigenvalue weighted by Crippen LogP contribution is -2.56. The van der Waals surface area contributed by atoms with Crippen molar-refractivity contribution in [2.45, 2.75) is 49.1 Å². The number of ether oxygens (including phenoxy) is 2. The Bertz CT molecular complexity index is 554. The lowest BCUT2D eigenvalue weighted by molar-refractivity contribution is -0.179. The van der Waals surface area contributed by atoms with Gasteiger partial charge in [-0.05, 0) is 12.1 Å². The van der Waals surface area contributed by atoms with Gasteiger partial charge in [-0.25, -0.2) is 0 Å². The minimum absolute atomic E-state index is 0.139. The van der Waals surface area contributed by atoms with Crippen LogP contribution in [0.15, 0.2) is 24.3 Å². The van der Waals surface area contributed by atoms with E-state index in [-0.39, 0.29) is 13.2 Å². The molecule has 10 nitrogen and oxygen atoms in total. The van der Waals surface area contributed by atoms with Crippen LogP contribution < -0.4 is 10.6 Å². The lowest BCUT2D eigenvalue weighted by Gasteiger charge is -2.38. The van der Waals surface area contributed by atoms with E-state index in [1.165, 1.54) is 0 Å². The summed E-state index contributed by atoms with van der Waals surface area (Å²) in [6, 6.07) is 6.81. The van der Waals surface area contributed by atoms with Crippen molar-refractivity contribution in [1.29, 1.82) is 0 Å². The molecule has 0 aromatic heterocycles. The molecule has 2 heterocycles. The van der Waals surface area contributed by atoms with Gasteiger partial charge in [0.25, 0.3) is 0 Å².